The minimum Gasteiger partial charge on any atom is -0.487 e. The molecule has 1 fully saturated rings. The van der Waals surface area contributed by atoms with Crippen LogP contribution in [0.2, 0.25) is 5.02 Å². The zero-order valence-corrected chi connectivity index (χ0v) is 15.4. The van der Waals surface area contributed by atoms with Crippen molar-refractivity contribution in [2.24, 2.45) is 0 Å². The fourth-order valence-corrected chi connectivity index (χ4v) is 4.00. The quantitative estimate of drug-likeness (QED) is 0.863. The molecule has 1 aromatic heterocycles. The SMILES string of the molecule is C[C@H]1COc2c(N3CCN(C)CC3)c(Cl)cc3c(=O)c(C(=O)O)cn1c23. The molecule has 3 heterocycles. The summed E-state index contributed by atoms with van der Waals surface area (Å²) in [5.74, 6) is -0.663. The number of aromatic nitrogens is 1. The number of carboxylic acid groups (broad SMARTS) is 1. The molecule has 0 amide bonds. The number of likely N-dealkylation sites (N-methyl/N-ethyl adjacent to an activating group) is 1. The van der Waals surface area contributed by atoms with Crippen LogP contribution in [0.25, 0.3) is 10.9 Å². The fourth-order valence-electron chi connectivity index (χ4n) is 3.69. The van der Waals surface area contributed by atoms with E-state index in [1.165, 1.54) is 6.20 Å². The summed E-state index contributed by atoms with van der Waals surface area (Å²) in [6.07, 6.45) is 1.42. The Morgan fingerprint density at radius 2 is 2.00 bits per heavy atom. The smallest absolute Gasteiger partial charge is 0.341 e. The van der Waals surface area contributed by atoms with Gasteiger partial charge in [-0.05, 0) is 20.0 Å². The third-order valence-corrected chi connectivity index (χ3v) is 5.48. The highest BCUT2D eigenvalue weighted by Gasteiger charge is 2.30. The number of aromatic carboxylic acids is 1. The van der Waals surface area contributed by atoms with E-state index < -0.39 is 11.4 Å². The number of hydrogen-bond acceptors (Lipinski definition) is 5. The van der Waals surface area contributed by atoms with Gasteiger partial charge in [0.1, 0.15) is 17.9 Å². The van der Waals surface area contributed by atoms with Crippen LogP contribution < -0.4 is 15.1 Å². The molecule has 0 radical (unpaired) electrons. The molecule has 0 bridgehead atoms. The highest BCUT2D eigenvalue weighted by atomic mass is 35.5. The van der Waals surface area contributed by atoms with Crippen LogP contribution >= 0.6 is 11.6 Å². The van der Waals surface area contributed by atoms with E-state index >= 15 is 0 Å². The van der Waals surface area contributed by atoms with E-state index in [0.29, 0.717) is 22.9 Å². The number of nitrogens with zero attached hydrogens (tertiary/aromatic N) is 3. The lowest BCUT2D eigenvalue weighted by Crippen LogP contribution is -2.45. The number of anilines is 1. The predicted molar refractivity (Wildman–Crippen MR) is 100 cm³/mol. The topological polar surface area (TPSA) is 75.0 Å². The van der Waals surface area contributed by atoms with Gasteiger partial charge in [0.2, 0.25) is 5.43 Å². The van der Waals surface area contributed by atoms with E-state index in [0.717, 1.165) is 31.9 Å². The summed E-state index contributed by atoms with van der Waals surface area (Å²) in [7, 11) is 2.08. The number of piperazine rings is 1. The van der Waals surface area contributed by atoms with Crippen molar-refractivity contribution in [3.8, 4) is 5.75 Å². The van der Waals surface area contributed by atoms with Crippen LogP contribution in [0.3, 0.4) is 0 Å². The van der Waals surface area contributed by atoms with Gasteiger partial charge in [0.05, 0.1) is 22.0 Å². The van der Waals surface area contributed by atoms with Crippen molar-refractivity contribution >= 4 is 34.2 Å². The highest BCUT2D eigenvalue weighted by Crippen LogP contribution is 2.44. The Bertz CT molecular complexity index is 963. The number of halogens is 1. The highest BCUT2D eigenvalue weighted by molar-refractivity contribution is 6.35. The van der Waals surface area contributed by atoms with Gasteiger partial charge in [-0.1, -0.05) is 11.6 Å². The number of carbonyl (C=O) groups is 1. The third kappa shape index (κ3) is 2.54. The molecule has 138 valence electrons. The van der Waals surface area contributed by atoms with Gasteiger partial charge in [0.15, 0.2) is 5.75 Å². The summed E-state index contributed by atoms with van der Waals surface area (Å²) in [5, 5.41) is 10.1. The largest absolute Gasteiger partial charge is 0.487 e. The maximum atomic E-state index is 12.7. The molecule has 1 saturated heterocycles. The van der Waals surface area contributed by atoms with E-state index in [9.17, 15) is 14.7 Å². The zero-order chi connectivity index (χ0) is 18.6. The molecule has 2 aromatic rings. The monoisotopic (exact) mass is 377 g/mol. The van der Waals surface area contributed by atoms with Crippen molar-refractivity contribution in [2.75, 3.05) is 44.7 Å². The molecule has 8 heteroatoms. The summed E-state index contributed by atoms with van der Waals surface area (Å²) in [6.45, 7) is 5.77. The minimum absolute atomic E-state index is 0.0785. The van der Waals surface area contributed by atoms with Crippen LogP contribution in [0.1, 0.15) is 23.3 Å². The number of pyridine rings is 1. The van der Waals surface area contributed by atoms with Crippen LogP contribution in [0.15, 0.2) is 17.1 Å². The molecule has 0 saturated carbocycles. The molecule has 1 aromatic carbocycles. The van der Waals surface area contributed by atoms with Crippen LogP contribution in [0.5, 0.6) is 5.75 Å². The van der Waals surface area contributed by atoms with Crippen LogP contribution in [0, 0.1) is 0 Å². The molecule has 2 aliphatic rings. The Morgan fingerprint density at radius 3 is 2.65 bits per heavy atom. The van der Waals surface area contributed by atoms with E-state index in [-0.39, 0.29) is 17.0 Å². The first kappa shape index (κ1) is 17.2. The molecule has 4 rings (SSSR count). The van der Waals surface area contributed by atoms with Crippen molar-refractivity contribution in [3.05, 3.63) is 33.1 Å². The van der Waals surface area contributed by atoms with Crippen molar-refractivity contribution in [3.63, 3.8) is 0 Å². The fraction of sp³-hybridized carbons (Fsp3) is 0.444. The molecule has 0 unspecified atom stereocenters. The molecular formula is C18H20ClN3O4. The molecular weight excluding hydrogens is 358 g/mol. The van der Waals surface area contributed by atoms with E-state index in [4.69, 9.17) is 16.3 Å². The first-order chi connectivity index (χ1) is 12.4. The number of hydrogen-bond donors (Lipinski definition) is 1. The summed E-state index contributed by atoms with van der Waals surface area (Å²) < 4.78 is 7.84. The lowest BCUT2D eigenvalue weighted by molar-refractivity contribution is 0.0694. The van der Waals surface area contributed by atoms with Gasteiger partial charge in [-0.25, -0.2) is 4.79 Å². The average molecular weight is 378 g/mol. The van der Waals surface area contributed by atoms with Gasteiger partial charge in [0.25, 0.3) is 0 Å². The van der Waals surface area contributed by atoms with E-state index in [2.05, 4.69) is 16.8 Å². The van der Waals surface area contributed by atoms with Crippen LogP contribution in [0.4, 0.5) is 5.69 Å². The van der Waals surface area contributed by atoms with Gasteiger partial charge in [-0.3, -0.25) is 4.79 Å². The second-order valence-corrected chi connectivity index (χ2v) is 7.37. The first-order valence-corrected chi connectivity index (χ1v) is 8.97. The third-order valence-electron chi connectivity index (χ3n) is 5.19. The number of carboxylic acids is 1. The van der Waals surface area contributed by atoms with E-state index in [1.807, 2.05) is 11.5 Å². The number of rotatable bonds is 2. The molecule has 1 atom stereocenters. The van der Waals surface area contributed by atoms with E-state index in [1.54, 1.807) is 6.07 Å². The maximum Gasteiger partial charge on any atom is 0.341 e. The Labute approximate surface area is 155 Å². The Morgan fingerprint density at radius 1 is 1.31 bits per heavy atom. The van der Waals surface area contributed by atoms with Gasteiger partial charge in [0, 0.05) is 32.4 Å². The molecule has 1 N–H and O–H groups in total. The summed E-state index contributed by atoms with van der Waals surface area (Å²) in [5.41, 5.74) is 0.627. The van der Waals surface area contributed by atoms with Gasteiger partial charge >= 0.3 is 5.97 Å². The Kier molecular flexibility index (Phi) is 4.08. The Hall–Kier alpha value is -2.25. The number of ether oxygens (including phenoxy) is 1. The van der Waals surface area contributed by atoms with Crippen LogP contribution in [-0.2, 0) is 0 Å². The van der Waals surface area contributed by atoms with Crippen LogP contribution in [-0.4, -0.2) is 60.4 Å². The molecule has 7 nitrogen and oxygen atoms in total. The van der Waals surface area contributed by atoms with Gasteiger partial charge in [-0.2, -0.15) is 0 Å². The molecule has 0 spiro atoms. The zero-order valence-electron chi connectivity index (χ0n) is 14.7. The molecule has 26 heavy (non-hydrogen) atoms. The molecule has 0 aliphatic carbocycles. The lowest BCUT2D eigenvalue weighted by Gasteiger charge is -2.37. The van der Waals surface area contributed by atoms with Gasteiger partial charge in [-0.15, -0.1) is 0 Å². The first-order valence-electron chi connectivity index (χ1n) is 8.59. The maximum absolute atomic E-state index is 12.7. The second-order valence-electron chi connectivity index (χ2n) is 6.97. The van der Waals surface area contributed by atoms with Crippen molar-refractivity contribution < 1.29 is 14.6 Å². The Balaban J connectivity index is 2.00. The van der Waals surface area contributed by atoms with Crippen molar-refractivity contribution in [1.82, 2.24) is 9.47 Å². The predicted octanol–water partition coefficient (Wildman–Crippen LogP) is 2.06. The number of benzene rings is 1. The summed E-state index contributed by atoms with van der Waals surface area (Å²) in [4.78, 5) is 28.6. The summed E-state index contributed by atoms with van der Waals surface area (Å²) in [6, 6.07) is 1.51. The lowest BCUT2D eigenvalue weighted by atomic mass is 10.1. The standard InChI is InChI=1S/C18H20ClN3O4/c1-10-9-26-17-14-11(16(23)12(18(24)25)8-22(10)14)7-13(19)15(17)21-5-3-20(2)4-6-21/h7-8,10H,3-6,9H2,1-2H3,(H,24,25)/t10-/m0/s1. The summed E-state index contributed by atoms with van der Waals surface area (Å²) >= 11 is 6.54. The minimum atomic E-state index is -1.24. The average Bonchev–Trinajstić information content (AvgIpc) is 2.60. The van der Waals surface area contributed by atoms with Crippen molar-refractivity contribution in [2.45, 2.75) is 13.0 Å². The molecule has 2 aliphatic heterocycles. The van der Waals surface area contributed by atoms with Crippen molar-refractivity contribution in [1.29, 1.82) is 0 Å². The van der Waals surface area contributed by atoms with Gasteiger partial charge < -0.3 is 24.2 Å². The normalized spacial score (nSPS) is 20.3. The second kappa shape index (κ2) is 6.17.